The molecular formula is C31H43ClN6O3. The van der Waals surface area contributed by atoms with Crippen LogP contribution in [0.2, 0.25) is 5.02 Å². The lowest BCUT2D eigenvalue weighted by atomic mass is 9.82. The molecule has 2 aromatic rings. The molecule has 10 heteroatoms. The minimum Gasteiger partial charge on any atom is -0.460 e. The number of nitriles is 1. The molecule has 41 heavy (non-hydrogen) atoms. The van der Waals surface area contributed by atoms with Crippen molar-refractivity contribution in [2.24, 2.45) is 5.41 Å². The molecule has 3 heterocycles. The molecule has 2 aromatic heterocycles. The molecule has 1 saturated carbocycles. The quantitative estimate of drug-likeness (QED) is 0.291. The molecule has 1 aliphatic heterocycles. The van der Waals surface area contributed by atoms with E-state index in [2.05, 4.69) is 27.0 Å². The molecule has 2 aliphatic rings. The van der Waals surface area contributed by atoms with Crippen molar-refractivity contribution in [3.05, 3.63) is 35.5 Å². The van der Waals surface area contributed by atoms with Gasteiger partial charge in [0.1, 0.15) is 17.2 Å². The van der Waals surface area contributed by atoms with Crippen LogP contribution in [-0.4, -0.2) is 59.4 Å². The van der Waals surface area contributed by atoms with Gasteiger partial charge in [0.2, 0.25) is 0 Å². The first-order chi connectivity index (χ1) is 19.5. The van der Waals surface area contributed by atoms with Gasteiger partial charge in [-0.15, -0.1) is 0 Å². The molecular weight excluding hydrogens is 540 g/mol. The summed E-state index contributed by atoms with van der Waals surface area (Å²) in [6.07, 6.45) is 7.49. The monoisotopic (exact) mass is 582 g/mol. The van der Waals surface area contributed by atoms with E-state index in [4.69, 9.17) is 26.1 Å². The third-order valence-corrected chi connectivity index (χ3v) is 7.97. The van der Waals surface area contributed by atoms with E-state index in [0.29, 0.717) is 61.9 Å². The minimum absolute atomic E-state index is 0.0692. The second-order valence-corrected chi connectivity index (χ2v) is 12.8. The van der Waals surface area contributed by atoms with Gasteiger partial charge in [0.25, 0.3) is 0 Å². The molecule has 222 valence electrons. The highest BCUT2D eigenvalue weighted by Gasteiger charge is 2.32. The van der Waals surface area contributed by atoms with Crippen molar-refractivity contribution in [3.8, 4) is 17.3 Å². The summed E-state index contributed by atoms with van der Waals surface area (Å²) in [5, 5.41) is 20.8. The van der Waals surface area contributed by atoms with Crippen LogP contribution >= 0.6 is 11.6 Å². The molecule has 1 atom stereocenters. The lowest BCUT2D eigenvalue weighted by Gasteiger charge is -2.32. The number of rotatable bonds is 10. The van der Waals surface area contributed by atoms with Crippen LogP contribution in [0.5, 0.6) is 0 Å². The average molecular weight is 583 g/mol. The van der Waals surface area contributed by atoms with Crippen LogP contribution in [0.15, 0.2) is 30.5 Å². The zero-order chi connectivity index (χ0) is 29.5. The molecule has 0 aromatic carbocycles. The van der Waals surface area contributed by atoms with E-state index in [9.17, 15) is 10.1 Å². The Hall–Kier alpha value is -2.93. The van der Waals surface area contributed by atoms with Gasteiger partial charge in [-0.2, -0.15) is 5.26 Å². The predicted octanol–water partition coefficient (Wildman–Crippen LogP) is 5.96. The third-order valence-electron chi connectivity index (χ3n) is 7.67. The normalized spacial score (nSPS) is 21.4. The Morgan fingerprint density at radius 3 is 2.59 bits per heavy atom. The zero-order valence-electron chi connectivity index (χ0n) is 24.6. The number of aromatic nitrogens is 2. The molecule has 0 radical (unpaired) electrons. The lowest BCUT2D eigenvalue weighted by molar-refractivity contribution is -0.155. The van der Waals surface area contributed by atoms with Crippen LogP contribution in [0, 0.1) is 16.7 Å². The summed E-state index contributed by atoms with van der Waals surface area (Å²) < 4.78 is 10.9. The smallest absolute Gasteiger partial charge is 0.307 e. The van der Waals surface area contributed by atoms with E-state index < -0.39 is 11.0 Å². The number of carbonyl (C=O) groups is 1. The van der Waals surface area contributed by atoms with Crippen molar-refractivity contribution < 1.29 is 14.3 Å². The number of anilines is 2. The fourth-order valence-electron chi connectivity index (χ4n) is 5.46. The van der Waals surface area contributed by atoms with Gasteiger partial charge in [-0.05, 0) is 84.4 Å². The van der Waals surface area contributed by atoms with Gasteiger partial charge < -0.3 is 25.4 Å². The molecule has 1 aliphatic carbocycles. The van der Waals surface area contributed by atoms with Crippen LogP contribution in [0.25, 0.3) is 11.3 Å². The Morgan fingerprint density at radius 1 is 1.20 bits per heavy atom. The molecule has 3 N–H and O–H groups in total. The molecule has 0 spiro atoms. The number of pyridine rings is 2. The van der Waals surface area contributed by atoms with Gasteiger partial charge in [0.05, 0.1) is 28.6 Å². The largest absolute Gasteiger partial charge is 0.460 e. The highest BCUT2D eigenvalue weighted by molar-refractivity contribution is 6.33. The minimum atomic E-state index is -0.460. The van der Waals surface area contributed by atoms with Crippen LogP contribution in [-0.2, 0) is 14.3 Å². The van der Waals surface area contributed by atoms with E-state index in [1.165, 1.54) is 0 Å². The van der Waals surface area contributed by atoms with Crippen LogP contribution in [0.3, 0.4) is 0 Å². The van der Waals surface area contributed by atoms with Crippen LogP contribution in [0.4, 0.5) is 11.6 Å². The standard InChI is InChI=1S/C31H43ClN6O3/c1-21(16-29(39)41-30(2,3)4)36-22-8-10-23(11-9-22)37-28-17-24(25(32)18-34-28)26-6-5-7-27(38-26)35-20-31(19-33)12-14-40-15-13-31/h5-7,17-18,21-23,36H,8-16,20H2,1-4H3,(H,34,37)(H,35,38). The summed E-state index contributed by atoms with van der Waals surface area (Å²) in [5.74, 6) is 1.31. The molecule has 0 amide bonds. The number of hydrogen-bond donors (Lipinski definition) is 3. The summed E-state index contributed by atoms with van der Waals surface area (Å²) in [4.78, 5) is 21.5. The van der Waals surface area contributed by atoms with Gasteiger partial charge in [-0.1, -0.05) is 17.7 Å². The van der Waals surface area contributed by atoms with E-state index >= 15 is 0 Å². The first kappa shape index (κ1) is 31.0. The fraction of sp³-hybridized carbons (Fsp3) is 0.613. The maximum absolute atomic E-state index is 12.1. The Bertz CT molecular complexity index is 1210. The maximum Gasteiger partial charge on any atom is 0.307 e. The Morgan fingerprint density at radius 2 is 1.90 bits per heavy atom. The Labute approximate surface area is 248 Å². The highest BCUT2D eigenvalue weighted by Crippen LogP contribution is 2.32. The van der Waals surface area contributed by atoms with Gasteiger partial charge in [0.15, 0.2) is 0 Å². The van der Waals surface area contributed by atoms with Crippen LogP contribution in [0.1, 0.15) is 72.6 Å². The number of nitrogens with zero attached hydrogens (tertiary/aromatic N) is 3. The third kappa shape index (κ3) is 9.29. The van der Waals surface area contributed by atoms with Gasteiger partial charge in [-0.3, -0.25) is 4.79 Å². The van der Waals surface area contributed by atoms with Gasteiger partial charge in [0, 0.05) is 49.6 Å². The highest BCUT2D eigenvalue weighted by atomic mass is 35.5. The average Bonchev–Trinajstić information content (AvgIpc) is 2.93. The van der Waals surface area contributed by atoms with Crippen molar-refractivity contribution >= 4 is 29.2 Å². The second-order valence-electron chi connectivity index (χ2n) is 12.4. The maximum atomic E-state index is 12.1. The first-order valence-corrected chi connectivity index (χ1v) is 15.0. The van der Waals surface area contributed by atoms with Crippen molar-refractivity contribution in [2.45, 2.75) is 96.4 Å². The SMILES string of the molecule is CC(CC(=O)OC(C)(C)C)NC1CCC(Nc2cc(-c3cccc(NCC4(C#N)CCOCC4)n3)c(Cl)cn2)CC1. The number of esters is 1. The summed E-state index contributed by atoms with van der Waals surface area (Å²) >= 11 is 6.56. The second kappa shape index (κ2) is 13.8. The van der Waals surface area contributed by atoms with Crippen molar-refractivity contribution in [1.82, 2.24) is 15.3 Å². The molecule has 1 saturated heterocycles. The zero-order valence-corrected chi connectivity index (χ0v) is 25.4. The predicted molar refractivity (Wildman–Crippen MR) is 162 cm³/mol. The van der Waals surface area contributed by atoms with Crippen LogP contribution < -0.4 is 16.0 Å². The first-order valence-electron chi connectivity index (χ1n) is 14.6. The Balaban J connectivity index is 1.30. The number of nitrogens with one attached hydrogen (secondary N) is 3. The topological polar surface area (TPSA) is 121 Å². The number of halogens is 1. The van der Waals surface area contributed by atoms with Crippen molar-refractivity contribution in [1.29, 1.82) is 5.26 Å². The summed E-state index contributed by atoms with van der Waals surface area (Å²) in [5.41, 5.74) is 0.653. The molecule has 1 unspecified atom stereocenters. The van der Waals surface area contributed by atoms with Gasteiger partial charge in [-0.25, -0.2) is 9.97 Å². The lowest BCUT2D eigenvalue weighted by Crippen LogP contribution is -2.42. The van der Waals surface area contributed by atoms with E-state index in [0.717, 1.165) is 42.8 Å². The number of ether oxygens (including phenoxy) is 2. The molecule has 0 bridgehead atoms. The molecule has 4 rings (SSSR count). The number of hydrogen-bond acceptors (Lipinski definition) is 9. The summed E-state index contributed by atoms with van der Waals surface area (Å²) in [6, 6.07) is 11.0. The van der Waals surface area contributed by atoms with Gasteiger partial charge >= 0.3 is 5.97 Å². The van der Waals surface area contributed by atoms with E-state index in [1.807, 2.05) is 52.0 Å². The number of carbonyl (C=O) groups excluding carboxylic acids is 1. The summed E-state index contributed by atoms with van der Waals surface area (Å²) in [6.45, 7) is 9.45. The summed E-state index contributed by atoms with van der Waals surface area (Å²) in [7, 11) is 0. The Kier molecular flexibility index (Phi) is 10.5. The van der Waals surface area contributed by atoms with Crippen molar-refractivity contribution in [3.63, 3.8) is 0 Å². The van der Waals surface area contributed by atoms with E-state index in [1.54, 1.807) is 6.20 Å². The van der Waals surface area contributed by atoms with Crippen molar-refractivity contribution in [2.75, 3.05) is 30.4 Å². The fourth-order valence-corrected chi connectivity index (χ4v) is 5.66. The molecule has 9 nitrogen and oxygen atoms in total. The molecule has 2 fully saturated rings. The van der Waals surface area contributed by atoms with E-state index in [-0.39, 0.29) is 12.0 Å².